The fraction of sp³-hybridized carbons (Fsp3) is 0.278. The smallest absolute Gasteiger partial charge is 0.271 e. The van der Waals surface area contributed by atoms with Gasteiger partial charge in [-0.25, -0.2) is 4.39 Å². The number of amides is 1. The Morgan fingerprint density at radius 1 is 1.24 bits per heavy atom. The number of benzene rings is 2. The number of hydrogen-bond donors (Lipinski definition) is 0. The van der Waals surface area contributed by atoms with E-state index in [-0.39, 0.29) is 23.9 Å². The number of nitro groups is 1. The lowest BCUT2D eigenvalue weighted by Gasteiger charge is -2.20. The van der Waals surface area contributed by atoms with E-state index >= 15 is 0 Å². The molecule has 0 aromatic heterocycles. The Morgan fingerprint density at radius 3 is 2.56 bits per heavy atom. The molecule has 0 atom stereocenters. The number of anilines is 1. The average Bonchev–Trinajstić information content (AvgIpc) is 2.75. The van der Waals surface area contributed by atoms with Gasteiger partial charge in [0.05, 0.1) is 29.7 Å². The number of nitro benzene ring substituents is 1. The number of carbonyl (C=O) groups excluding carboxylic acids is 1. The van der Waals surface area contributed by atoms with Crippen LogP contribution in [-0.2, 0) is 16.8 Å². The molecule has 0 radical (unpaired) electrons. The highest BCUT2D eigenvalue weighted by molar-refractivity contribution is 6.07. The monoisotopic (exact) mass is 344 g/mol. The molecule has 0 saturated heterocycles. The predicted octanol–water partition coefficient (Wildman–Crippen LogP) is 3.57. The number of carbonyl (C=O) groups is 1. The van der Waals surface area contributed by atoms with Crippen molar-refractivity contribution in [3.63, 3.8) is 0 Å². The van der Waals surface area contributed by atoms with E-state index in [1.165, 1.54) is 36.3 Å². The third-order valence-electron chi connectivity index (χ3n) is 4.49. The van der Waals surface area contributed by atoms with Crippen molar-refractivity contribution in [2.45, 2.75) is 25.8 Å². The highest BCUT2D eigenvalue weighted by Gasteiger charge is 2.44. The lowest BCUT2D eigenvalue weighted by atomic mass is 9.86. The highest BCUT2D eigenvalue weighted by atomic mass is 19.1. The Labute approximate surface area is 144 Å². The molecule has 0 spiro atoms. The van der Waals surface area contributed by atoms with Crippen LogP contribution in [0, 0.1) is 15.9 Å². The Balaban J connectivity index is 2.03. The number of rotatable bonds is 4. The largest absolute Gasteiger partial charge is 0.494 e. The summed E-state index contributed by atoms with van der Waals surface area (Å²) in [5, 5.41) is 11.1. The topological polar surface area (TPSA) is 72.7 Å². The van der Waals surface area contributed by atoms with Crippen LogP contribution in [0.25, 0.3) is 0 Å². The van der Waals surface area contributed by atoms with Gasteiger partial charge >= 0.3 is 0 Å². The number of ether oxygens (including phenoxy) is 1. The normalized spacial score (nSPS) is 15.2. The summed E-state index contributed by atoms with van der Waals surface area (Å²) in [7, 11) is 1.37. The molecule has 6 nitrogen and oxygen atoms in total. The van der Waals surface area contributed by atoms with Crippen LogP contribution in [0.2, 0.25) is 0 Å². The third-order valence-corrected chi connectivity index (χ3v) is 4.49. The second-order valence-electron chi connectivity index (χ2n) is 6.44. The van der Waals surface area contributed by atoms with Crippen LogP contribution in [0.5, 0.6) is 5.75 Å². The number of fused-ring (bicyclic) bond motifs is 1. The molecule has 1 aliphatic rings. The Kier molecular flexibility index (Phi) is 3.94. The molecule has 1 heterocycles. The number of halogens is 1. The fourth-order valence-electron chi connectivity index (χ4n) is 3.10. The third kappa shape index (κ3) is 2.71. The summed E-state index contributed by atoms with van der Waals surface area (Å²) in [5.74, 6) is -0.586. The van der Waals surface area contributed by atoms with Crippen LogP contribution in [0.15, 0.2) is 36.4 Å². The molecule has 0 fully saturated rings. The molecule has 1 amide bonds. The molecule has 2 aromatic carbocycles. The van der Waals surface area contributed by atoms with Gasteiger partial charge in [0.15, 0.2) is 11.6 Å². The second kappa shape index (κ2) is 5.84. The minimum absolute atomic E-state index is 0.0878. The Hall–Kier alpha value is -2.96. The predicted molar refractivity (Wildman–Crippen MR) is 90.3 cm³/mol. The van der Waals surface area contributed by atoms with Gasteiger partial charge in [0.2, 0.25) is 5.91 Å². The molecule has 25 heavy (non-hydrogen) atoms. The van der Waals surface area contributed by atoms with E-state index in [1.54, 1.807) is 26.0 Å². The average molecular weight is 344 g/mol. The lowest BCUT2D eigenvalue weighted by molar-refractivity contribution is -0.384. The van der Waals surface area contributed by atoms with Crippen molar-refractivity contribution in [2.24, 2.45) is 0 Å². The van der Waals surface area contributed by atoms with E-state index in [1.807, 2.05) is 0 Å². The molecule has 0 aliphatic carbocycles. The fourth-order valence-corrected chi connectivity index (χ4v) is 3.10. The summed E-state index contributed by atoms with van der Waals surface area (Å²) < 4.78 is 18.8. The van der Waals surface area contributed by atoms with Gasteiger partial charge in [-0.3, -0.25) is 14.9 Å². The molecule has 2 aromatic rings. The summed E-state index contributed by atoms with van der Waals surface area (Å²) in [4.78, 5) is 24.8. The molecule has 130 valence electrons. The number of non-ortho nitro benzene ring substituents is 1. The minimum Gasteiger partial charge on any atom is -0.494 e. The summed E-state index contributed by atoms with van der Waals surface area (Å²) in [6.07, 6.45) is 0. The highest BCUT2D eigenvalue weighted by Crippen LogP contribution is 2.43. The molecule has 7 heteroatoms. The molecular weight excluding hydrogens is 327 g/mol. The first-order valence-corrected chi connectivity index (χ1v) is 7.69. The second-order valence-corrected chi connectivity index (χ2v) is 6.44. The Morgan fingerprint density at radius 2 is 1.96 bits per heavy atom. The lowest BCUT2D eigenvalue weighted by Crippen LogP contribution is -2.35. The van der Waals surface area contributed by atoms with Crippen molar-refractivity contribution in [1.82, 2.24) is 0 Å². The molecule has 0 saturated carbocycles. The maximum absolute atomic E-state index is 13.9. The van der Waals surface area contributed by atoms with Gasteiger partial charge in [-0.1, -0.05) is 6.07 Å². The van der Waals surface area contributed by atoms with Crippen molar-refractivity contribution < 1.29 is 18.8 Å². The van der Waals surface area contributed by atoms with Crippen LogP contribution in [0.4, 0.5) is 15.8 Å². The summed E-state index contributed by atoms with van der Waals surface area (Å²) in [6, 6.07) is 8.85. The minimum atomic E-state index is -0.796. The van der Waals surface area contributed by atoms with Gasteiger partial charge in [-0.05, 0) is 43.2 Å². The van der Waals surface area contributed by atoms with E-state index in [9.17, 15) is 19.3 Å². The van der Waals surface area contributed by atoms with E-state index < -0.39 is 16.2 Å². The van der Waals surface area contributed by atoms with Gasteiger partial charge < -0.3 is 9.64 Å². The molecule has 0 bridgehead atoms. The van der Waals surface area contributed by atoms with E-state index in [4.69, 9.17) is 4.74 Å². The van der Waals surface area contributed by atoms with Crippen molar-refractivity contribution in [3.05, 3.63) is 63.5 Å². The zero-order valence-corrected chi connectivity index (χ0v) is 14.1. The van der Waals surface area contributed by atoms with Gasteiger partial charge in [-0.2, -0.15) is 0 Å². The van der Waals surface area contributed by atoms with Gasteiger partial charge in [0, 0.05) is 12.1 Å². The maximum atomic E-state index is 13.9. The van der Waals surface area contributed by atoms with Gasteiger partial charge in [0.25, 0.3) is 5.69 Å². The Bertz CT molecular complexity index is 879. The first-order valence-electron chi connectivity index (χ1n) is 7.69. The molecule has 0 N–H and O–H groups in total. The van der Waals surface area contributed by atoms with E-state index in [2.05, 4.69) is 0 Å². The maximum Gasteiger partial charge on any atom is 0.271 e. The first-order chi connectivity index (χ1) is 11.8. The van der Waals surface area contributed by atoms with Crippen molar-refractivity contribution in [2.75, 3.05) is 12.0 Å². The van der Waals surface area contributed by atoms with Gasteiger partial charge in [0.1, 0.15) is 0 Å². The molecule has 3 rings (SSSR count). The van der Waals surface area contributed by atoms with Crippen molar-refractivity contribution in [3.8, 4) is 5.75 Å². The number of methoxy groups -OCH3 is 1. The molecular formula is C18H17FN2O4. The van der Waals surface area contributed by atoms with Crippen molar-refractivity contribution >= 4 is 17.3 Å². The van der Waals surface area contributed by atoms with Crippen LogP contribution in [0.1, 0.15) is 25.0 Å². The van der Waals surface area contributed by atoms with Crippen LogP contribution >= 0.6 is 0 Å². The number of nitrogens with zero attached hydrogens (tertiary/aromatic N) is 2. The standard InChI is InChI=1S/C18H17FN2O4/c1-18(2)13-6-5-12(21(23)24)9-15(13)20(17(18)22)10-11-4-7-16(25-3)14(19)8-11/h4-9H,10H2,1-3H3. The van der Waals surface area contributed by atoms with Crippen LogP contribution in [0.3, 0.4) is 0 Å². The molecule has 1 aliphatic heterocycles. The number of hydrogen-bond acceptors (Lipinski definition) is 4. The van der Waals surface area contributed by atoms with E-state index in [0.29, 0.717) is 11.3 Å². The SMILES string of the molecule is COc1ccc(CN2C(=O)C(C)(C)c3ccc([N+](=O)[O-])cc32)cc1F. The quantitative estimate of drug-likeness (QED) is 0.628. The summed E-state index contributed by atoms with van der Waals surface area (Å²) in [6.45, 7) is 3.67. The summed E-state index contributed by atoms with van der Waals surface area (Å²) in [5.41, 5.74) is 0.893. The van der Waals surface area contributed by atoms with Crippen molar-refractivity contribution in [1.29, 1.82) is 0 Å². The van der Waals surface area contributed by atoms with E-state index in [0.717, 1.165) is 5.56 Å². The summed E-state index contributed by atoms with van der Waals surface area (Å²) >= 11 is 0. The molecule has 0 unspecified atom stereocenters. The zero-order chi connectivity index (χ0) is 18.4. The van der Waals surface area contributed by atoms with Crippen LogP contribution < -0.4 is 9.64 Å². The van der Waals surface area contributed by atoms with Gasteiger partial charge in [-0.15, -0.1) is 0 Å². The first kappa shape index (κ1) is 16.9. The zero-order valence-electron chi connectivity index (χ0n) is 14.1. The van der Waals surface area contributed by atoms with Crippen LogP contribution in [-0.4, -0.2) is 17.9 Å².